The summed E-state index contributed by atoms with van der Waals surface area (Å²) >= 11 is 5.96. The second-order valence-corrected chi connectivity index (χ2v) is 7.68. The van der Waals surface area contributed by atoms with Gasteiger partial charge >= 0.3 is 0 Å². The molecule has 128 valence electrons. The molecule has 1 N–H and O–H groups in total. The van der Waals surface area contributed by atoms with Crippen LogP contribution in [0.1, 0.15) is 11.1 Å². The van der Waals surface area contributed by atoms with Crippen molar-refractivity contribution in [2.24, 2.45) is 0 Å². The second-order valence-electron chi connectivity index (χ2n) is 5.34. The molecule has 1 aromatic heterocycles. The number of nitrogens with zero attached hydrogens (tertiary/aromatic N) is 2. The molecule has 0 fully saturated rings. The van der Waals surface area contributed by atoms with E-state index in [0.717, 1.165) is 16.1 Å². The van der Waals surface area contributed by atoms with E-state index in [2.05, 4.69) is 10.3 Å². The molecule has 0 saturated heterocycles. The number of amides is 1. The molecule has 0 radical (unpaired) electrons. The van der Waals surface area contributed by atoms with Gasteiger partial charge in [0, 0.05) is 24.0 Å². The number of anilines is 1. The van der Waals surface area contributed by atoms with Crippen molar-refractivity contribution in [3.8, 4) is 0 Å². The summed E-state index contributed by atoms with van der Waals surface area (Å²) in [4.78, 5) is 16.1. The maximum atomic E-state index is 12.2. The van der Waals surface area contributed by atoms with E-state index in [1.54, 1.807) is 37.5 Å². The minimum absolute atomic E-state index is 0.277. The van der Waals surface area contributed by atoms with Crippen molar-refractivity contribution in [2.45, 2.75) is 13.5 Å². The number of hydrogen-bond donors (Lipinski definition) is 1. The largest absolute Gasteiger partial charge is 0.350 e. The lowest BCUT2D eigenvalue weighted by molar-refractivity contribution is -0.119. The lowest BCUT2D eigenvalue weighted by Gasteiger charge is -2.23. The van der Waals surface area contributed by atoms with Crippen LogP contribution in [-0.2, 0) is 21.4 Å². The minimum Gasteiger partial charge on any atom is -0.350 e. The third kappa shape index (κ3) is 4.94. The van der Waals surface area contributed by atoms with Gasteiger partial charge in [-0.3, -0.25) is 14.1 Å². The van der Waals surface area contributed by atoms with Gasteiger partial charge in [0.05, 0.1) is 11.9 Å². The molecule has 1 amide bonds. The molecule has 6 nitrogen and oxygen atoms in total. The number of carbonyl (C=O) groups excluding carboxylic acids is 1. The number of sulfonamides is 1. The van der Waals surface area contributed by atoms with Gasteiger partial charge in [0.25, 0.3) is 0 Å². The normalized spacial score (nSPS) is 11.1. The van der Waals surface area contributed by atoms with Crippen LogP contribution in [0.4, 0.5) is 5.69 Å². The number of nitrogens with one attached hydrogen (secondary N) is 1. The Balaban J connectivity index is 2.15. The average Bonchev–Trinajstić information content (AvgIpc) is 2.53. The predicted octanol–water partition coefficient (Wildman–Crippen LogP) is 2.13. The Morgan fingerprint density at radius 1 is 1.33 bits per heavy atom. The lowest BCUT2D eigenvalue weighted by Crippen LogP contribution is -2.40. The molecule has 0 aliphatic rings. The Kier molecular flexibility index (Phi) is 5.80. The summed E-state index contributed by atoms with van der Waals surface area (Å²) < 4.78 is 25.2. The molecule has 0 spiro atoms. The summed E-state index contributed by atoms with van der Waals surface area (Å²) in [5.41, 5.74) is 1.93. The maximum Gasteiger partial charge on any atom is 0.241 e. The van der Waals surface area contributed by atoms with Crippen LogP contribution in [-0.4, -0.2) is 32.1 Å². The Hall–Kier alpha value is -2.12. The Morgan fingerprint density at radius 3 is 2.71 bits per heavy atom. The molecule has 2 rings (SSSR count). The van der Waals surface area contributed by atoms with Gasteiger partial charge in [-0.1, -0.05) is 23.7 Å². The van der Waals surface area contributed by atoms with Crippen LogP contribution in [0.25, 0.3) is 0 Å². The molecule has 8 heteroatoms. The number of aromatic nitrogens is 1. The van der Waals surface area contributed by atoms with Crippen molar-refractivity contribution >= 4 is 33.2 Å². The van der Waals surface area contributed by atoms with Crippen molar-refractivity contribution in [3.63, 3.8) is 0 Å². The fourth-order valence-corrected chi connectivity index (χ4v) is 3.19. The highest BCUT2D eigenvalue weighted by molar-refractivity contribution is 7.92. The van der Waals surface area contributed by atoms with E-state index in [1.807, 2.05) is 6.07 Å². The van der Waals surface area contributed by atoms with E-state index in [4.69, 9.17) is 11.6 Å². The highest BCUT2D eigenvalue weighted by Gasteiger charge is 2.22. The number of rotatable bonds is 6. The standard InChI is InChI=1S/C16H18ClN3O3S/c1-12-5-6-14(17)8-15(12)20(24(2,22)23)11-16(21)19-10-13-4-3-7-18-9-13/h3-9H,10-11H2,1-2H3,(H,19,21). The number of aryl methyl sites for hydroxylation is 1. The highest BCUT2D eigenvalue weighted by atomic mass is 35.5. The zero-order chi connectivity index (χ0) is 17.7. The minimum atomic E-state index is -3.63. The zero-order valence-electron chi connectivity index (χ0n) is 13.4. The first-order chi connectivity index (χ1) is 11.3. The first kappa shape index (κ1) is 18.2. The quantitative estimate of drug-likeness (QED) is 0.848. The van der Waals surface area contributed by atoms with Gasteiger partial charge in [-0.15, -0.1) is 0 Å². The third-order valence-corrected chi connectivity index (χ3v) is 4.70. The Labute approximate surface area is 146 Å². The van der Waals surface area contributed by atoms with E-state index < -0.39 is 15.9 Å². The molecule has 0 unspecified atom stereocenters. The molecule has 1 aromatic carbocycles. The van der Waals surface area contributed by atoms with Gasteiger partial charge in [0.1, 0.15) is 6.54 Å². The molecule has 24 heavy (non-hydrogen) atoms. The number of pyridine rings is 1. The van der Waals surface area contributed by atoms with E-state index in [-0.39, 0.29) is 13.1 Å². The molecular weight excluding hydrogens is 350 g/mol. The van der Waals surface area contributed by atoms with Gasteiger partial charge in [-0.05, 0) is 36.2 Å². The fourth-order valence-electron chi connectivity index (χ4n) is 2.12. The van der Waals surface area contributed by atoms with Crippen LogP contribution in [0.3, 0.4) is 0 Å². The summed E-state index contributed by atoms with van der Waals surface area (Å²) in [5, 5.41) is 3.09. The van der Waals surface area contributed by atoms with Crippen LogP contribution in [0.15, 0.2) is 42.7 Å². The smallest absolute Gasteiger partial charge is 0.241 e. The highest BCUT2D eigenvalue weighted by Crippen LogP contribution is 2.26. The van der Waals surface area contributed by atoms with Gasteiger partial charge < -0.3 is 5.32 Å². The Morgan fingerprint density at radius 2 is 2.08 bits per heavy atom. The molecule has 1 heterocycles. The Bertz CT molecular complexity index is 826. The summed E-state index contributed by atoms with van der Waals surface area (Å²) in [7, 11) is -3.63. The third-order valence-electron chi connectivity index (χ3n) is 3.34. The van der Waals surface area contributed by atoms with E-state index >= 15 is 0 Å². The van der Waals surface area contributed by atoms with Crippen molar-refractivity contribution in [3.05, 3.63) is 58.9 Å². The SMILES string of the molecule is Cc1ccc(Cl)cc1N(CC(=O)NCc1cccnc1)S(C)(=O)=O. The van der Waals surface area contributed by atoms with E-state index in [0.29, 0.717) is 16.3 Å². The monoisotopic (exact) mass is 367 g/mol. The number of carbonyl (C=O) groups is 1. The fraction of sp³-hybridized carbons (Fsp3) is 0.250. The van der Waals surface area contributed by atoms with Crippen LogP contribution in [0, 0.1) is 6.92 Å². The number of hydrogen-bond acceptors (Lipinski definition) is 4. The zero-order valence-corrected chi connectivity index (χ0v) is 14.9. The van der Waals surface area contributed by atoms with E-state index in [1.165, 1.54) is 6.07 Å². The van der Waals surface area contributed by atoms with Crippen LogP contribution >= 0.6 is 11.6 Å². The number of benzene rings is 1. The summed E-state index contributed by atoms with van der Waals surface area (Å²) in [6.07, 6.45) is 4.33. The van der Waals surface area contributed by atoms with Crippen molar-refractivity contribution in [1.29, 1.82) is 0 Å². The first-order valence-corrected chi connectivity index (χ1v) is 9.39. The van der Waals surface area contributed by atoms with Crippen molar-refractivity contribution < 1.29 is 13.2 Å². The van der Waals surface area contributed by atoms with Gasteiger partial charge in [-0.2, -0.15) is 0 Å². The summed E-state index contributed by atoms with van der Waals surface area (Å²) in [6.45, 7) is 1.72. The van der Waals surface area contributed by atoms with Gasteiger partial charge in [0.2, 0.25) is 15.9 Å². The molecule has 0 aliphatic heterocycles. The summed E-state index contributed by atoms with van der Waals surface area (Å²) in [5.74, 6) is -0.413. The van der Waals surface area contributed by atoms with Crippen LogP contribution in [0.5, 0.6) is 0 Å². The topological polar surface area (TPSA) is 79.4 Å². The first-order valence-electron chi connectivity index (χ1n) is 7.17. The molecular formula is C16H18ClN3O3S. The van der Waals surface area contributed by atoms with Gasteiger partial charge in [-0.25, -0.2) is 8.42 Å². The average molecular weight is 368 g/mol. The predicted molar refractivity (Wildman–Crippen MR) is 94.5 cm³/mol. The van der Waals surface area contributed by atoms with Gasteiger partial charge in [0.15, 0.2) is 0 Å². The lowest BCUT2D eigenvalue weighted by atomic mass is 10.2. The maximum absolute atomic E-state index is 12.2. The van der Waals surface area contributed by atoms with Crippen molar-refractivity contribution in [1.82, 2.24) is 10.3 Å². The van der Waals surface area contributed by atoms with Crippen molar-refractivity contribution in [2.75, 3.05) is 17.1 Å². The molecule has 0 aliphatic carbocycles. The van der Waals surface area contributed by atoms with E-state index in [9.17, 15) is 13.2 Å². The van der Waals surface area contributed by atoms with Crippen LogP contribution in [0.2, 0.25) is 5.02 Å². The molecule has 0 saturated carbocycles. The van der Waals surface area contributed by atoms with Crippen LogP contribution < -0.4 is 9.62 Å². The number of halogens is 1. The molecule has 2 aromatic rings. The molecule has 0 atom stereocenters. The molecule has 0 bridgehead atoms. The second kappa shape index (κ2) is 7.63. The summed E-state index contributed by atoms with van der Waals surface area (Å²) in [6, 6.07) is 8.50.